The van der Waals surface area contributed by atoms with Crippen LogP contribution in [0.5, 0.6) is 0 Å². The van der Waals surface area contributed by atoms with Gasteiger partial charge in [-0.05, 0) is 0 Å². The summed E-state index contributed by atoms with van der Waals surface area (Å²) in [4.78, 5) is 2.06. The van der Waals surface area contributed by atoms with Crippen LogP contribution in [-0.2, 0) is 4.74 Å². The maximum Gasteiger partial charge on any atom is 0.178 e. The first-order valence-electron chi connectivity index (χ1n) is 2.73. The van der Waals surface area contributed by atoms with Crippen molar-refractivity contribution < 1.29 is 4.74 Å². The van der Waals surface area contributed by atoms with Gasteiger partial charge in [-0.15, -0.1) is 0 Å². The van der Waals surface area contributed by atoms with Gasteiger partial charge in [0.15, 0.2) is 6.23 Å². The van der Waals surface area contributed by atoms with Crippen LogP contribution in [0.4, 0.5) is 0 Å². The van der Waals surface area contributed by atoms with Gasteiger partial charge in [0.1, 0.15) is 6.26 Å². The van der Waals surface area contributed by atoms with Crippen molar-refractivity contribution in [2.24, 2.45) is 0 Å². The number of fused-ring (bicyclic) bond motifs is 1. The Morgan fingerprint density at radius 3 is 3.38 bits per heavy atom. The molecule has 0 radical (unpaired) electrons. The number of nitrogens with zero attached hydrogens (tertiary/aromatic N) is 1. The molecule has 0 saturated carbocycles. The van der Waals surface area contributed by atoms with E-state index in [0.717, 1.165) is 6.42 Å². The maximum atomic E-state index is 5.16. The second kappa shape index (κ2) is 1.28. The number of hydrogen-bond acceptors (Lipinski definition) is 2. The lowest BCUT2D eigenvalue weighted by Crippen LogP contribution is -2.16. The molecule has 2 aliphatic heterocycles. The van der Waals surface area contributed by atoms with E-state index in [1.165, 1.54) is 0 Å². The molecule has 0 aromatic rings. The van der Waals surface area contributed by atoms with E-state index in [0.29, 0.717) is 0 Å². The van der Waals surface area contributed by atoms with Crippen molar-refractivity contribution in [3.63, 3.8) is 0 Å². The summed E-state index contributed by atoms with van der Waals surface area (Å²) in [5, 5.41) is 0. The van der Waals surface area contributed by atoms with Crippen LogP contribution in [0.15, 0.2) is 24.7 Å². The average Bonchev–Trinajstić information content (AvgIpc) is 2.15. The summed E-state index contributed by atoms with van der Waals surface area (Å²) in [6.45, 7) is 0. The molecule has 0 aliphatic carbocycles. The molecule has 42 valence electrons. The van der Waals surface area contributed by atoms with Crippen molar-refractivity contribution in [1.29, 1.82) is 0 Å². The first-order chi connectivity index (χ1) is 3.97. The van der Waals surface area contributed by atoms with Crippen LogP contribution in [0.2, 0.25) is 0 Å². The molecule has 2 heterocycles. The third-order valence-electron chi connectivity index (χ3n) is 1.42. The Balaban J connectivity index is 2.22. The molecule has 2 aliphatic rings. The van der Waals surface area contributed by atoms with Crippen LogP contribution in [0.1, 0.15) is 6.42 Å². The Hall–Kier alpha value is -0.920. The monoisotopic (exact) mass is 109 g/mol. The van der Waals surface area contributed by atoms with Crippen LogP contribution in [0.25, 0.3) is 0 Å². The topological polar surface area (TPSA) is 12.5 Å². The van der Waals surface area contributed by atoms with Crippen molar-refractivity contribution in [2.75, 3.05) is 0 Å². The molecule has 1 unspecified atom stereocenters. The third kappa shape index (κ3) is 0.372. The van der Waals surface area contributed by atoms with Crippen molar-refractivity contribution in [2.45, 2.75) is 12.6 Å². The van der Waals surface area contributed by atoms with Crippen molar-refractivity contribution in [3.05, 3.63) is 24.7 Å². The fraction of sp³-hybridized carbons (Fsp3) is 0.333. The minimum absolute atomic E-state index is 0.287. The fourth-order valence-corrected chi connectivity index (χ4v) is 0.984. The van der Waals surface area contributed by atoms with Crippen LogP contribution >= 0.6 is 0 Å². The lowest BCUT2D eigenvalue weighted by molar-refractivity contribution is 0.0995. The van der Waals surface area contributed by atoms with Gasteiger partial charge in [-0.1, -0.05) is 6.08 Å². The molecule has 0 spiro atoms. The van der Waals surface area contributed by atoms with Crippen LogP contribution < -0.4 is 0 Å². The molecule has 2 nitrogen and oxygen atoms in total. The van der Waals surface area contributed by atoms with E-state index in [2.05, 4.69) is 11.0 Å². The summed E-state index contributed by atoms with van der Waals surface area (Å²) in [5.41, 5.74) is 0. The second-order valence-corrected chi connectivity index (χ2v) is 1.94. The molecule has 8 heavy (non-hydrogen) atoms. The lowest BCUT2D eigenvalue weighted by atomic mass is 10.4. The van der Waals surface area contributed by atoms with E-state index in [4.69, 9.17) is 4.74 Å². The molecule has 2 rings (SSSR count). The minimum atomic E-state index is 0.287. The molecular formula is C6H7NO. The van der Waals surface area contributed by atoms with E-state index in [1.54, 1.807) is 6.26 Å². The van der Waals surface area contributed by atoms with Gasteiger partial charge >= 0.3 is 0 Å². The van der Waals surface area contributed by atoms with Gasteiger partial charge in [0.05, 0.1) is 0 Å². The SMILES string of the molecule is C1=CN2C=COC2C1. The Bertz CT molecular complexity index is 135. The van der Waals surface area contributed by atoms with Gasteiger partial charge in [-0.25, -0.2) is 0 Å². The smallest absolute Gasteiger partial charge is 0.178 e. The van der Waals surface area contributed by atoms with Gasteiger partial charge < -0.3 is 9.64 Å². The molecule has 1 atom stereocenters. The summed E-state index contributed by atoms with van der Waals surface area (Å²) >= 11 is 0. The van der Waals surface area contributed by atoms with Crippen molar-refractivity contribution in [3.8, 4) is 0 Å². The van der Waals surface area contributed by atoms with Gasteiger partial charge in [0.2, 0.25) is 0 Å². The van der Waals surface area contributed by atoms with Crippen LogP contribution in [-0.4, -0.2) is 11.1 Å². The van der Waals surface area contributed by atoms with Crippen LogP contribution in [0.3, 0.4) is 0 Å². The third-order valence-corrected chi connectivity index (χ3v) is 1.42. The highest BCUT2D eigenvalue weighted by atomic mass is 16.5. The molecule has 0 fully saturated rings. The quantitative estimate of drug-likeness (QED) is 0.460. The summed E-state index contributed by atoms with van der Waals surface area (Å²) in [6.07, 6.45) is 9.12. The second-order valence-electron chi connectivity index (χ2n) is 1.94. The van der Waals surface area contributed by atoms with Gasteiger partial charge in [0.25, 0.3) is 0 Å². The Morgan fingerprint density at radius 1 is 1.50 bits per heavy atom. The molecular weight excluding hydrogens is 102 g/mol. The Kier molecular flexibility index (Phi) is 0.640. The van der Waals surface area contributed by atoms with Gasteiger partial charge in [-0.2, -0.15) is 0 Å². The zero-order valence-corrected chi connectivity index (χ0v) is 4.45. The summed E-state index contributed by atoms with van der Waals surface area (Å²) in [7, 11) is 0. The minimum Gasteiger partial charge on any atom is -0.476 e. The Morgan fingerprint density at radius 2 is 2.50 bits per heavy atom. The summed E-state index contributed by atoms with van der Waals surface area (Å²) < 4.78 is 5.16. The van der Waals surface area contributed by atoms with E-state index < -0.39 is 0 Å². The largest absolute Gasteiger partial charge is 0.476 e. The number of hydrogen-bond donors (Lipinski definition) is 0. The zero-order chi connectivity index (χ0) is 5.40. The van der Waals surface area contributed by atoms with E-state index in [-0.39, 0.29) is 6.23 Å². The standard InChI is InChI=1S/C6H7NO/c1-2-6-7(3-1)4-5-8-6/h1,3-6H,2H2. The summed E-state index contributed by atoms with van der Waals surface area (Å²) in [6, 6.07) is 0. The summed E-state index contributed by atoms with van der Waals surface area (Å²) in [5.74, 6) is 0. The molecule has 0 N–H and O–H groups in total. The molecule has 0 saturated heterocycles. The van der Waals surface area contributed by atoms with Crippen molar-refractivity contribution in [1.82, 2.24) is 4.90 Å². The normalized spacial score (nSPS) is 31.0. The molecule has 0 aromatic carbocycles. The first-order valence-corrected chi connectivity index (χ1v) is 2.73. The van der Waals surface area contributed by atoms with E-state index >= 15 is 0 Å². The number of rotatable bonds is 0. The maximum absolute atomic E-state index is 5.16. The Labute approximate surface area is 48.0 Å². The van der Waals surface area contributed by atoms with E-state index in [1.807, 2.05) is 12.4 Å². The van der Waals surface area contributed by atoms with Gasteiger partial charge in [0, 0.05) is 18.8 Å². The highest BCUT2D eigenvalue weighted by Crippen LogP contribution is 2.20. The molecule has 0 aromatic heterocycles. The predicted octanol–water partition coefficient (Wildman–Crippen LogP) is 1.03. The predicted molar refractivity (Wildman–Crippen MR) is 29.6 cm³/mol. The highest BCUT2D eigenvalue weighted by molar-refractivity contribution is 5.03. The highest BCUT2D eigenvalue weighted by Gasteiger charge is 2.20. The molecule has 0 bridgehead atoms. The first kappa shape index (κ1) is 4.01. The van der Waals surface area contributed by atoms with Crippen molar-refractivity contribution >= 4 is 0 Å². The fourth-order valence-electron chi connectivity index (χ4n) is 0.984. The number of ether oxygens (including phenoxy) is 1. The molecule has 2 heteroatoms. The van der Waals surface area contributed by atoms with E-state index in [9.17, 15) is 0 Å². The average molecular weight is 109 g/mol. The van der Waals surface area contributed by atoms with Gasteiger partial charge in [-0.3, -0.25) is 0 Å². The lowest BCUT2D eigenvalue weighted by Gasteiger charge is -2.11. The molecule has 0 amide bonds. The zero-order valence-electron chi connectivity index (χ0n) is 4.45. The van der Waals surface area contributed by atoms with Crippen LogP contribution in [0, 0.1) is 0 Å².